The number of carbonyl (C=O) groups is 1. The number of carbonyl (C=O) groups excluding carboxylic acids is 1. The second-order valence-corrected chi connectivity index (χ2v) is 8.84. The highest BCUT2D eigenvalue weighted by Crippen LogP contribution is 2.38. The molecule has 5 rings (SSSR count). The van der Waals surface area contributed by atoms with Crippen LogP contribution in [0.1, 0.15) is 43.6 Å². The molecule has 3 aromatic rings. The van der Waals surface area contributed by atoms with Crippen molar-refractivity contribution in [2.75, 3.05) is 23.4 Å². The fourth-order valence-corrected chi connectivity index (χ4v) is 4.92. The summed E-state index contributed by atoms with van der Waals surface area (Å²) in [6.07, 6.45) is 6.53. The number of ether oxygens (including phenoxy) is 1. The van der Waals surface area contributed by atoms with Crippen molar-refractivity contribution < 1.29 is 14.5 Å². The lowest BCUT2D eigenvalue weighted by Gasteiger charge is -2.30. The van der Waals surface area contributed by atoms with Crippen molar-refractivity contribution in [3.63, 3.8) is 0 Å². The first-order valence-corrected chi connectivity index (χ1v) is 11.8. The Labute approximate surface area is 198 Å². The molecule has 2 aliphatic rings. The van der Waals surface area contributed by atoms with Gasteiger partial charge in [-0.05, 0) is 53.6 Å². The van der Waals surface area contributed by atoms with E-state index in [4.69, 9.17) is 4.74 Å². The van der Waals surface area contributed by atoms with Gasteiger partial charge in [0.25, 0.3) is 5.69 Å². The van der Waals surface area contributed by atoms with Crippen molar-refractivity contribution in [2.24, 2.45) is 0 Å². The Morgan fingerprint density at radius 1 is 0.971 bits per heavy atom. The van der Waals surface area contributed by atoms with E-state index in [0.717, 1.165) is 11.1 Å². The second kappa shape index (κ2) is 9.55. The molecule has 0 unspecified atom stereocenters. The van der Waals surface area contributed by atoms with E-state index in [2.05, 4.69) is 29.6 Å². The van der Waals surface area contributed by atoms with Gasteiger partial charge in [-0.25, -0.2) is 4.79 Å². The van der Waals surface area contributed by atoms with Crippen LogP contribution in [0.5, 0.6) is 5.75 Å². The van der Waals surface area contributed by atoms with Crippen LogP contribution in [0.25, 0.3) is 11.1 Å². The molecule has 0 saturated heterocycles. The van der Waals surface area contributed by atoms with Gasteiger partial charge < -0.3 is 10.1 Å². The van der Waals surface area contributed by atoms with Crippen LogP contribution in [-0.4, -0.2) is 24.1 Å². The number of urea groups is 1. The fourth-order valence-electron chi connectivity index (χ4n) is 4.92. The van der Waals surface area contributed by atoms with Crippen LogP contribution >= 0.6 is 0 Å². The number of rotatable bonds is 4. The molecule has 1 aliphatic heterocycles. The van der Waals surface area contributed by atoms with Crippen molar-refractivity contribution in [3.05, 3.63) is 82.4 Å². The van der Waals surface area contributed by atoms with Crippen molar-refractivity contribution >= 4 is 23.1 Å². The third-order valence-electron chi connectivity index (χ3n) is 6.73. The predicted octanol–water partition coefficient (Wildman–Crippen LogP) is 6.74. The number of para-hydroxylation sites is 2. The Balaban J connectivity index is 1.35. The quantitative estimate of drug-likeness (QED) is 0.347. The molecule has 7 nitrogen and oxygen atoms in total. The van der Waals surface area contributed by atoms with Crippen LogP contribution in [0, 0.1) is 10.1 Å². The number of hydrogen-bond donors (Lipinski definition) is 1. The zero-order valence-electron chi connectivity index (χ0n) is 18.9. The zero-order valence-corrected chi connectivity index (χ0v) is 18.9. The summed E-state index contributed by atoms with van der Waals surface area (Å²) in [7, 11) is 0. The van der Waals surface area contributed by atoms with E-state index < -0.39 is 11.0 Å². The van der Waals surface area contributed by atoms with Gasteiger partial charge in [0.05, 0.1) is 17.2 Å². The van der Waals surface area contributed by atoms with Gasteiger partial charge in [-0.3, -0.25) is 15.0 Å². The molecule has 1 heterocycles. The summed E-state index contributed by atoms with van der Waals surface area (Å²) in [5, 5.41) is 14.0. The van der Waals surface area contributed by atoms with Gasteiger partial charge in [0.1, 0.15) is 18.0 Å². The first kappa shape index (κ1) is 21.9. The van der Waals surface area contributed by atoms with E-state index in [9.17, 15) is 14.9 Å². The summed E-state index contributed by atoms with van der Waals surface area (Å²) >= 11 is 0. The minimum atomic E-state index is -0.505. The molecule has 3 aromatic carbocycles. The van der Waals surface area contributed by atoms with Crippen molar-refractivity contribution in [3.8, 4) is 16.9 Å². The molecule has 2 amide bonds. The van der Waals surface area contributed by atoms with Gasteiger partial charge in [0, 0.05) is 6.07 Å². The molecule has 0 atom stereocenters. The first-order chi connectivity index (χ1) is 16.6. The largest absolute Gasteiger partial charge is 0.490 e. The Bertz CT molecular complexity index is 1200. The maximum atomic E-state index is 13.0. The summed E-state index contributed by atoms with van der Waals surface area (Å²) < 4.78 is 5.87. The normalized spacial score (nSPS) is 15.8. The lowest BCUT2D eigenvalue weighted by Crippen LogP contribution is -2.40. The van der Waals surface area contributed by atoms with Crippen molar-refractivity contribution in [1.82, 2.24) is 0 Å². The summed E-state index contributed by atoms with van der Waals surface area (Å²) in [5.74, 6) is 1.29. The second-order valence-electron chi connectivity index (χ2n) is 8.84. The number of amides is 2. The maximum absolute atomic E-state index is 13.0. The standard InChI is InChI=1S/C27H27N3O4/c31-27(28-23-8-4-5-9-24(23)30(32)33)29-16-17-34-26-18-22(14-15-25(26)29)21-12-10-20(11-13-21)19-6-2-1-3-7-19/h4-5,8-15,18-19H,1-3,6-7,16-17H2,(H,28,31). The van der Waals surface area contributed by atoms with E-state index in [1.54, 1.807) is 17.0 Å². The number of fused-ring (bicyclic) bond motifs is 1. The minimum absolute atomic E-state index is 0.142. The first-order valence-electron chi connectivity index (χ1n) is 11.8. The lowest BCUT2D eigenvalue weighted by molar-refractivity contribution is -0.383. The van der Waals surface area contributed by atoms with Crippen LogP contribution in [0.3, 0.4) is 0 Å². The molecular formula is C27H27N3O4. The molecule has 1 N–H and O–H groups in total. The summed E-state index contributed by atoms with van der Waals surface area (Å²) in [4.78, 5) is 25.3. The Hall–Kier alpha value is -3.87. The van der Waals surface area contributed by atoms with Gasteiger partial charge >= 0.3 is 6.03 Å². The molecule has 0 radical (unpaired) electrons. The molecule has 1 saturated carbocycles. The molecule has 34 heavy (non-hydrogen) atoms. The Morgan fingerprint density at radius 2 is 1.71 bits per heavy atom. The summed E-state index contributed by atoms with van der Waals surface area (Å²) in [6.45, 7) is 0.705. The van der Waals surface area contributed by atoms with Crippen molar-refractivity contribution in [1.29, 1.82) is 0 Å². The van der Waals surface area contributed by atoms with Gasteiger partial charge in [0.2, 0.25) is 0 Å². The average molecular weight is 458 g/mol. The molecule has 7 heteroatoms. The van der Waals surface area contributed by atoms with E-state index in [1.165, 1.54) is 49.8 Å². The third kappa shape index (κ3) is 4.46. The van der Waals surface area contributed by atoms with Gasteiger partial charge in [-0.15, -0.1) is 0 Å². The van der Waals surface area contributed by atoms with E-state index in [0.29, 0.717) is 30.5 Å². The molecule has 1 aliphatic carbocycles. The highest BCUT2D eigenvalue weighted by Gasteiger charge is 2.26. The van der Waals surface area contributed by atoms with E-state index in [1.807, 2.05) is 18.2 Å². The van der Waals surface area contributed by atoms with Crippen LogP contribution < -0.4 is 15.0 Å². The lowest BCUT2D eigenvalue weighted by atomic mass is 9.84. The molecular weight excluding hydrogens is 430 g/mol. The highest BCUT2D eigenvalue weighted by atomic mass is 16.6. The van der Waals surface area contributed by atoms with Gasteiger partial charge in [-0.2, -0.15) is 0 Å². The molecule has 174 valence electrons. The number of benzene rings is 3. The number of nitro benzene ring substituents is 1. The van der Waals surface area contributed by atoms with Crippen LogP contribution in [0.2, 0.25) is 0 Å². The topological polar surface area (TPSA) is 84.7 Å². The fraction of sp³-hybridized carbons (Fsp3) is 0.296. The number of hydrogen-bond acceptors (Lipinski definition) is 4. The van der Waals surface area contributed by atoms with Crippen molar-refractivity contribution in [2.45, 2.75) is 38.0 Å². The van der Waals surface area contributed by atoms with Crippen LogP contribution in [0.15, 0.2) is 66.7 Å². The van der Waals surface area contributed by atoms with Crippen LogP contribution in [-0.2, 0) is 0 Å². The van der Waals surface area contributed by atoms with Crippen LogP contribution in [0.4, 0.5) is 21.9 Å². The summed E-state index contributed by atoms with van der Waals surface area (Å²) in [5.41, 5.74) is 4.21. The third-order valence-corrected chi connectivity index (χ3v) is 6.73. The van der Waals surface area contributed by atoms with Gasteiger partial charge in [-0.1, -0.05) is 61.7 Å². The number of nitrogens with zero attached hydrogens (tertiary/aromatic N) is 2. The number of nitrogens with one attached hydrogen (secondary N) is 1. The molecule has 1 fully saturated rings. The average Bonchev–Trinajstić information content (AvgIpc) is 2.89. The predicted molar refractivity (Wildman–Crippen MR) is 133 cm³/mol. The summed E-state index contributed by atoms with van der Waals surface area (Å²) in [6, 6.07) is 20.3. The molecule has 0 spiro atoms. The molecule has 0 bridgehead atoms. The monoisotopic (exact) mass is 457 g/mol. The Morgan fingerprint density at radius 3 is 2.47 bits per heavy atom. The minimum Gasteiger partial charge on any atom is -0.490 e. The van der Waals surface area contributed by atoms with Gasteiger partial charge in [0.15, 0.2) is 0 Å². The Kier molecular flexibility index (Phi) is 6.16. The van der Waals surface area contributed by atoms with E-state index >= 15 is 0 Å². The molecule has 0 aromatic heterocycles. The van der Waals surface area contributed by atoms with E-state index in [-0.39, 0.29) is 11.4 Å². The maximum Gasteiger partial charge on any atom is 0.326 e. The number of anilines is 2. The SMILES string of the molecule is O=C(Nc1ccccc1[N+](=O)[O-])N1CCOc2cc(-c3ccc(C4CCCCC4)cc3)ccc21. The zero-order chi connectivity index (χ0) is 23.5. The smallest absolute Gasteiger partial charge is 0.326 e. The number of nitro groups is 1. The highest BCUT2D eigenvalue weighted by molar-refractivity contribution is 6.04.